The normalized spacial score (nSPS) is 16.7. The number of hydrogen-bond donors (Lipinski definition) is 2. The van der Waals surface area contributed by atoms with Gasteiger partial charge in [0.25, 0.3) is 0 Å². The first-order chi connectivity index (χ1) is 11.7. The molecule has 0 atom stereocenters. The number of H-pyrrole nitrogens is 1. The predicted molar refractivity (Wildman–Crippen MR) is 98.7 cm³/mol. The van der Waals surface area contributed by atoms with Gasteiger partial charge in [0.15, 0.2) is 0 Å². The standard InChI is InChI=1S/C19H23N5/c1-23-8-10-24(11-9-23)13-14-4-2-3-5-16(14)19-17-12-15(20)6-7-18(17)21-22-19/h2-7,12H,8-11,13,20H2,1H3,(H,21,22). The Hall–Kier alpha value is -2.37. The van der Waals surface area contributed by atoms with Gasteiger partial charge in [-0.15, -0.1) is 0 Å². The van der Waals surface area contributed by atoms with Gasteiger partial charge in [-0.1, -0.05) is 24.3 Å². The largest absolute Gasteiger partial charge is 0.399 e. The summed E-state index contributed by atoms with van der Waals surface area (Å²) in [7, 11) is 2.19. The van der Waals surface area contributed by atoms with E-state index in [2.05, 4.69) is 51.3 Å². The van der Waals surface area contributed by atoms with E-state index in [0.29, 0.717) is 0 Å². The van der Waals surface area contributed by atoms with E-state index in [9.17, 15) is 0 Å². The number of benzene rings is 2. The van der Waals surface area contributed by atoms with Gasteiger partial charge in [0.1, 0.15) is 5.69 Å². The summed E-state index contributed by atoms with van der Waals surface area (Å²) in [6, 6.07) is 14.4. The Bertz CT molecular complexity index is 846. The second-order valence-electron chi connectivity index (χ2n) is 6.61. The highest BCUT2D eigenvalue weighted by atomic mass is 15.2. The molecule has 0 radical (unpaired) electrons. The van der Waals surface area contributed by atoms with E-state index < -0.39 is 0 Å². The van der Waals surface area contributed by atoms with Gasteiger partial charge in [-0.05, 0) is 30.8 Å². The molecule has 1 aromatic heterocycles. The van der Waals surface area contributed by atoms with E-state index in [-0.39, 0.29) is 0 Å². The van der Waals surface area contributed by atoms with E-state index in [1.807, 2.05) is 18.2 Å². The summed E-state index contributed by atoms with van der Waals surface area (Å²) in [5.74, 6) is 0. The minimum Gasteiger partial charge on any atom is -0.399 e. The fraction of sp³-hybridized carbons (Fsp3) is 0.316. The Balaban J connectivity index is 1.69. The maximum absolute atomic E-state index is 5.98. The molecule has 1 saturated heterocycles. The molecule has 4 rings (SSSR count). The maximum atomic E-state index is 5.98. The molecule has 24 heavy (non-hydrogen) atoms. The topological polar surface area (TPSA) is 61.2 Å². The average molecular weight is 321 g/mol. The van der Waals surface area contributed by atoms with E-state index in [4.69, 9.17) is 5.73 Å². The molecule has 3 aromatic rings. The number of hydrogen-bond acceptors (Lipinski definition) is 4. The van der Waals surface area contributed by atoms with Gasteiger partial charge in [-0.3, -0.25) is 10.00 Å². The lowest BCUT2D eigenvalue weighted by Crippen LogP contribution is -2.43. The Kier molecular flexibility index (Phi) is 3.96. The number of nitrogen functional groups attached to an aromatic ring is 1. The van der Waals surface area contributed by atoms with Crippen molar-refractivity contribution in [2.45, 2.75) is 6.54 Å². The van der Waals surface area contributed by atoms with Gasteiger partial charge in [0.05, 0.1) is 5.52 Å². The monoisotopic (exact) mass is 321 g/mol. The van der Waals surface area contributed by atoms with Crippen molar-refractivity contribution in [3.63, 3.8) is 0 Å². The SMILES string of the molecule is CN1CCN(Cc2ccccc2-c2n[nH]c3ccc(N)cc23)CC1. The van der Waals surface area contributed by atoms with E-state index in [1.165, 1.54) is 11.1 Å². The van der Waals surface area contributed by atoms with Crippen LogP contribution in [0, 0.1) is 0 Å². The van der Waals surface area contributed by atoms with Gasteiger partial charge < -0.3 is 10.6 Å². The zero-order chi connectivity index (χ0) is 16.5. The van der Waals surface area contributed by atoms with Crippen LogP contribution in [0.3, 0.4) is 0 Å². The van der Waals surface area contributed by atoms with Crippen molar-refractivity contribution in [3.05, 3.63) is 48.0 Å². The zero-order valence-electron chi connectivity index (χ0n) is 14.0. The van der Waals surface area contributed by atoms with Crippen LogP contribution in [-0.2, 0) is 6.54 Å². The van der Waals surface area contributed by atoms with Gasteiger partial charge in [-0.2, -0.15) is 5.10 Å². The molecular formula is C19H23N5. The number of likely N-dealkylation sites (N-methyl/N-ethyl adjacent to an activating group) is 1. The van der Waals surface area contributed by atoms with Crippen LogP contribution in [0.1, 0.15) is 5.56 Å². The van der Waals surface area contributed by atoms with Crippen LogP contribution in [0.4, 0.5) is 5.69 Å². The lowest BCUT2D eigenvalue weighted by molar-refractivity contribution is 0.148. The van der Waals surface area contributed by atoms with Crippen molar-refractivity contribution in [3.8, 4) is 11.3 Å². The molecule has 1 fully saturated rings. The van der Waals surface area contributed by atoms with Crippen LogP contribution in [0.25, 0.3) is 22.2 Å². The predicted octanol–water partition coefficient (Wildman–Crippen LogP) is 2.56. The Morgan fingerprint density at radius 2 is 1.88 bits per heavy atom. The van der Waals surface area contributed by atoms with Gasteiger partial charge >= 0.3 is 0 Å². The van der Waals surface area contributed by atoms with E-state index >= 15 is 0 Å². The van der Waals surface area contributed by atoms with Crippen LogP contribution in [0.2, 0.25) is 0 Å². The smallest absolute Gasteiger partial charge is 0.100 e. The van der Waals surface area contributed by atoms with E-state index in [1.54, 1.807) is 0 Å². The molecule has 5 nitrogen and oxygen atoms in total. The molecule has 0 spiro atoms. The third-order valence-electron chi connectivity index (χ3n) is 4.85. The molecule has 0 aliphatic carbocycles. The van der Waals surface area contributed by atoms with Crippen LogP contribution in [0.15, 0.2) is 42.5 Å². The zero-order valence-corrected chi connectivity index (χ0v) is 14.0. The second kappa shape index (κ2) is 6.26. The van der Waals surface area contributed by atoms with E-state index in [0.717, 1.165) is 55.0 Å². The number of anilines is 1. The van der Waals surface area contributed by atoms with Crippen molar-refractivity contribution < 1.29 is 0 Å². The number of piperazine rings is 1. The molecule has 1 aliphatic rings. The van der Waals surface area contributed by atoms with Crippen molar-refractivity contribution in [1.82, 2.24) is 20.0 Å². The van der Waals surface area contributed by atoms with Crippen LogP contribution >= 0.6 is 0 Å². The molecular weight excluding hydrogens is 298 g/mol. The van der Waals surface area contributed by atoms with Gasteiger partial charge in [0, 0.05) is 49.4 Å². The minimum absolute atomic E-state index is 0.765. The quantitative estimate of drug-likeness (QED) is 0.728. The molecule has 1 aliphatic heterocycles. The van der Waals surface area contributed by atoms with Crippen molar-refractivity contribution in [2.24, 2.45) is 0 Å². The number of nitrogens with zero attached hydrogens (tertiary/aromatic N) is 3. The Labute approximate surface area is 142 Å². The summed E-state index contributed by atoms with van der Waals surface area (Å²) in [4.78, 5) is 4.90. The number of aromatic amines is 1. The average Bonchev–Trinajstić information content (AvgIpc) is 3.00. The molecule has 124 valence electrons. The fourth-order valence-corrected chi connectivity index (χ4v) is 3.37. The maximum Gasteiger partial charge on any atom is 0.100 e. The first-order valence-electron chi connectivity index (χ1n) is 8.43. The molecule has 0 saturated carbocycles. The summed E-state index contributed by atoms with van der Waals surface area (Å²) in [5.41, 5.74) is 11.3. The molecule has 2 heterocycles. The number of rotatable bonds is 3. The summed E-state index contributed by atoms with van der Waals surface area (Å²) in [6.07, 6.45) is 0. The molecule has 0 bridgehead atoms. The van der Waals surface area contributed by atoms with Crippen LogP contribution < -0.4 is 5.73 Å². The highest BCUT2D eigenvalue weighted by Gasteiger charge is 2.17. The van der Waals surface area contributed by atoms with Crippen LogP contribution in [0.5, 0.6) is 0 Å². The second-order valence-corrected chi connectivity index (χ2v) is 6.61. The Morgan fingerprint density at radius 3 is 2.71 bits per heavy atom. The fourth-order valence-electron chi connectivity index (χ4n) is 3.37. The van der Waals surface area contributed by atoms with Crippen molar-refractivity contribution >= 4 is 16.6 Å². The summed E-state index contributed by atoms with van der Waals surface area (Å²) < 4.78 is 0. The molecule has 0 amide bonds. The summed E-state index contributed by atoms with van der Waals surface area (Å²) >= 11 is 0. The highest BCUT2D eigenvalue weighted by Crippen LogP contribution is 2.30. The third-order valence-corrected chi connectivity index (χ3v) is 4.85. The molecule has 2 aromatic carbocycles. The summed E-state index contributed by atoms with van der Waals surface area (Å²) in [5, 5.41) is 8.77. The molecule has 0 unspecified atom stereocenters. The van der Waals surface area contributed by atoms with Crippen molar-refractivity contribution in [1.29, 1.82) is 0 Å². The first kappa shape index (κ1) is 15.2. The first-order valence-corrected chi connectivity index (χ1v) is 8.43. The number of aromatic nitrogens is 2. The highest BCUT2D eigenvalue weighted by molar-refractivity contribution is 5.95. The number of nitrogens with one attached hydrogen (secondary N) is 1. The number of nitrogens with two attached hydrogens (primary N) is 1. The van der Waals surface area contributed by atoms with Gasteiger partial charge in [-0.25, -0.2) is 0 Å². The molecule has 5 heteroatoms. The van der Waals surface area contributed by atoms with Gasteiger partial charge in [0.2, 0.25) is 0 Å². The lowest BCUT2D eigenvalue weighted by atomic mass is 10.0. The minimum atomic E-state index is 0.765. The van der Waals surface area contributed by atoms with Crippen molar-refractivity contribution in [2.75, 3.05) is 39.0 Å². The molecule has 3 N–H and O–H groups in total. The third kappa shape index (κ3) is 2.88. The summed E-state index contributed by atoms with van der Waals surface area (Å²) in [6.45, 7) is 5.44. The number of fused-ring (bicyclic) bond motifs is 1. The Morgan fingerprint density at radius 1 is 1.08 bits per heavy atom. The lowest BCUT2D eigenvalue weighted by Gasteiger charge is -2.32. The van der Waals surface area contributed by atoms with Crippen LogP contribution in [-0.4, -0.2) is 53.2 Å².